The van der Waals surface area contributed by atoms with E-state index in [9.17, 15) is 5.11 Å². The number of hydrogen-bond donors (Lipinski definition) is 2. The highest BCUT2D eigenvalue weighted by Gasteiger charge is 2.46. The molecule has 1 heterocycles. The molecule has 0 saturated carbocycles. The van der Waals surface area contributed by atoms with Crippen LogP contribution in [0.25, 0.3) is 0 Å². The SMILES string of the molecule is CCC(C)(C#N)C1(O)CCCNC1. The zero-order valence-corrected chi connectivity index (χ0v) is 8.43. The van der Waals surface area contributed by atoms with Crippen molar-refractivity contribution in [2.24, 2.45) is 5.41 Å². The number of hydrogen-bond acceptors (Lipinski definition) is 3. The zero-order valence-electron chi connectivity index (χ0n) is 8.43. The van der Waals surface area contributed by atoms with Crippen molar-refractivity contribution in [3.8, 4) is 6.07 Å². The first-order valence-electron chi connectivity index (χ1n) is 4.92. The van der Waals surface area contributed by atoms with E-state index in [1.165, 1.54) is 0 Å². The third-order valence-corrected chi connectivity index (χ3v) is 3.34. The van der Waals surface area contributed by atoms with E-state index >= 15 is 0 Å². The summed E-state index contributed by atoms with van der Waals surface area (Å²) in [5.74, 6) is 0. The van der Waals surface area contributed by atoms with Crippen LogP contribution in [0.15, 0.2) is 0 Å². The van der Waals surface area contributed by atoms with Crippen molar-refractivity contribution >= 4 is 0 Å². The molecule has 0 amide bonds. The second kappa shape index (κ2) is 3.65. The van der Waals surface area contributed by atoms with Crippen LogP contribution < -0.4 is 5.32 Å². The van der Waals surface area contributed by atoms with E-state index < -0.39 is 11.0 Å². The van der Waals surface area contributed by atoms with Crippen LogP contribution in [-0.4, -0.2) is 23.8 Å². The Balaban J connectivity index is 2.82. The Morgan fingerprint density at radius 2 is 2.38 bits per heavy atom. The summed E-state index contributed by atoms with van der Waals surface area (Å²) in [5.41, 5.74) is -1.45. The predicted octanol–water partition coefficient (Wildman–Crippen LogP) is 1.04. The Bertz CT molecular complexity index is 215. The molecule has 0 radical (unpaired) electrons. The minimum atomic E-state index is -0.839. The van der Waals surface area contributed by atoms with Crippen LogP contribution in [0.5, 0.6) is 0 Å². The van der Waals surface area contributed by atoms with Gasteiger partial charge in [0.2, 0.25) is 0 Å². The maximum Gasteiger partial charge on any atom is 0.0954 e. The second-order valence-electron chi connectivity index (χ2n) is 4.11. The molecule has 0 aromatic rings. The molecule has 1 rings (SSSR count). The van der Waals surface area contributed by atoms with E-state index in [1.807, 2.05) is 13.8 Å². The third-order valence-electron chi connectivity index (χ3n) is 3.34. The smallest absolute Gasteiger partial charge is 0.0954 e. The fourth-order valence-electron chi connectivity index (χ4n) is 1.87. The number of nitrogens with one attached hydrogen (secondary N) is 1. The molecule has 0 bridgehead atoms. The highest BCUT2D eigenvalue weighted by Crippen LogP contribution is 2.38. The monoisotopic (exact) mass is 182 g/mol. The highest BCUT2D eigenvalue weighted by atomic mass is 16.3. The Kier molecular flexibility index (Phi) is 2.94. The van der Waals surface area contributed by atoms with Gasteiger partial charge in [0.1, 0.15) is 0 Å². The van der Waals surface area contributed by atoms with Crippen LogP contribution in [0.2, 0.25) is 0 Å². The van der Waals surface area contributed by atoms with Gasteiger partial charge in [-0.05, 0) is 32.7 Å². The fourth-order valence-corrected chi connectivity index (χ4v) is 1.87. The molecule has 0 aliphatic carbocycles. The topological polar surface area (TPSA) is 56.0 Å². The predicted molar refractivity (Wildman–Crippen MR) is 51.1 cm³/mol. The van der Waals surface area contributed by atoms with Crippen LogP contribution in [0, 0.1) is 16.7 Å². The van der Waals surface area contributed by atoms with Gasteiger partial charge in [-0.1, -0.05) is 6.92 Å². The molecular formula is C10H18N2O. The van der Waals surface area contributed by atoms with Crippen LogP contribution in [0.4, 0.5) is 0 Å². The first-order chi connectivity index (χ1) is 6.08. The van der Waals surface area contributed by atoms with E-state index in [0.29, 0.717) is 13.0 Å². The molecule has 2 atom stereocenters. The molecule has 74 valence electrons. The van der Waals surface area contributed by atoms with Gasteiger partial charge in [-0.25, -0.2) is 0 Å². The minimum absolute atomic E-state index is 0.547. The maximum atomic E-state index is 10.3. The van der Waals surface area contributed by atoms with Gasteiger partial charge < -0.3 is 10.4 Å². The van der Waals surface area contributed by atoms with Crippen molar-refractivity contribution in [1.82, 2.24) is 5.32 Å². The largest absolute Gasteiger partial charge is 0.387 e. The van der Waals surface area contributed by atoms with Gasteiger partial charge in [-0.2, -0.15) is 5.26 Å². The first-order valence-corrected chi connectivity index (χ1v) is 4.92. The molecule has 0 aromatic carbocycles. The standard InChI is InChI=1S/C10H18N2O/c1-3-9(2,7-11)10(13)5-4-6-12-8-10/h12-13H,3-6,8H2,1-2H3. The lowest BCUT2D eigenvalue weighted by molar-refractivity contribution is -0.0654. The summed E-state index contributed by atoms with van der Waals surface area (Å²) in [6, 6.07) is 2.25. The molecule has 0 aromatic heterocycles. The van der Waals surface area contributed by atoms with Crippen molar-refractivity contribution in [2.75, 3.05) is 13.1 Å². The molecule has 2 N–H and O–H groups in total. The van der Waals surface area contributed by atoms with Crippen LogP contribution in [0.1, 0.15) is 33.1 Å². The van der Waals surface area contributed by atoms with Gasteiger partial charge in [-0.15, -0.1) is 0 Å². The maximum absolute atomic E-state index is 10.3. The molecule has 13 heavy (non-hydrogen) atoms. The van der Waals surface area contributed by atoms with Crippen LogP contribution >= 0.6 is 0 Å². The normalized spacial score (nSPS) is 33.4. The molecule has 1 aliphatic rings. The molecule has 2 unspecified atom stereocenters. The number of rotatable bonds is 2. The molecule has 1 fully saturated rings. The summed E-state index contributed by atoms with van der Waals surface area (Å²) in [5, 5.41) is 22.5. The minimum Gasteiger partial charge on any atom is -0.387 e. The molecule has 3 heteroatoms. The number of aliphatic hydroxyl groups is 1. The molecule has 3 nitrogen and oxygen atoms in total. The summed E-state index contributed by atoms with van der Waals surface area (Å²) in [7, 11) is 0. The molecule has 0 spiro atoms. The number of nitriles is 1. The summed E-state index contributed by atoms with van der Waals surface area (Å²) in [6.45, 7) is 5.30. The van der Waals surface area contributed by atoms with Gasteiger partial charge >= 0.3 is 0 Å². The number of β-amino-alcohol motifs (C(OH)–C–C–N with tert-alkyl or cyclic N) is 1. The lowest BCUT2D eigenvalue weighted by atomic mass is 9.69. The van der Waals surface area contributed by atoms with E-state index in [-0.39, 0.29) is 0 Å². The van der Waals surface area contributed by atoms with E-state index in [1.54, 1.807) is 0 Å². The Hall–Kier alpha value is -0.590. The Morgan fingerprint density at radius 1 is 1.69 bits per heavy atom. The van der Waals surface area contributed by atoms with E-state index in [2.05, 4.69) is 11.4 Å². The summed E-state index contributed by atoms with van der Waals surface area (Å²) in [4.78, 5) is 0. The number of nitrogens with zero attached hydrogens (tertiary/aromatic N) is 1. The summed E-state index contributed by atoms with van der Waals surface area (Å²) < 4.78 is 0. The summed E-state index contributed by atoms with van der Waals surface area (Å²) >= 11 is 0. The Labute approximate surface area is 79.8 Å². The molecule has 1 saturated heterocycles. The van der Waals surface area contributed by atoms with Crippen LogP contribution in [0.3, 0.4) is 0 Å². The van der Waals surface area contributed by atoms with Crippen molar-refractivity contribution in [3.63, 3.8) is 0 Å². The van der Waals surface area contributed by atoms with E-state index in [0.717, 1.165) is 19.4 Å². The van der Waals surface area contributed by atoms with E-state index in [4.69, 9.17) is 5.26 Å². The average Bonchev–Trinajstić information content (AvgIpc) is 2.17. The third kappa shape index (κ3) is 1.70. The molecular weight excluding hydrogens is 164 g/mol. The van der Waals surface area contributed by atoms with Gasteiger partial charge in [0.05, 0.1) is 17.1 Å². The molecule has 1 aliphatic heterocycles. The lowest BCUT2D eigenvalue weighted by Gasteiger charge is -2.42. The quantitative estimate of drug-likeness (QED) is 0.671. The summed E-state index contributed by atoms with van der Waals surface area (Å²) in [6.07, 6.45) is 2.38. The van der Waals surface area contributed by atoms with Gasteiger partial charge in [0, 0.05) is 6.54 Å². The van der Waals surface area contributed by atoms with Crippen LogP contribution in [-0.2, 0) is 0 Å². The van der Waals surface area contributed by atoms with Gasteiger partial charge in [0.15, 0.2) is 0 Å². The van der Waals surface area contributed by atoms with Gasteiger partial charge in [0.25, 0.3) is 0 Å². The van der Waals surface area contributed by atoms with Crippen molar-refractivity contribution < 1.29 is 5.11 Å². The zero-order chi connectivity index (χ0) is 9.95. The first kappa shape index (κ1) is 10.5. The fraction of sp³-hybridized carbons (Fsp3) is 0.900. The lowest BCUT2D eigenvalue weighted by Crippen LogP contribution is -2.55. The average molecular weight is 182 g/mol. The van der Waals surface area contributed by atoms with Crippen molar-refractivity contribution in [3.05, 3.63) is 0 Å². The second-order valence-corrected chi connectivity index (χ2v) is 4.11. The highest BCUT2D eigenvalue weighted by molar-refractivity contribution is 5.10. The number of piperidine rings is 1. The van der Waals surface area contributed by atoms with Crippen molar-refractivity contribution in [1.29, 1.82) is 5.26 Å². The van der Waals surface area contributed by atoms with Crippen molar-refractivity contribution in [2.45, 2.75) is 38.7 Å². The Morgan fingerprint density at radius 3 is 2.77 bits per heavy atom. The van der Waals surface area contributed by atoms with Gasteiger partial charge in [-0.3, -0.25) is 0 Å².